The van der Waals surface area contributed by atoms with Crippen LogP contribution in [0.3, 0.4) is 0 Å². The highest BCUT2D eigenvalue weighted by atomic mass is 28.3. The first-order chi connectivity index (χ1) is 23.8. The Morgan fingerprint density at radius 1 is 0.312 bits per heavy atom. The summed E-state index contributed by atoms with van der Waals surface area (Å²) < 4.78 is 0. The lowest BCUT2D eigenvalue weighted by molar-refractivity contribution is 1.56. The number of hydrogen-bond acceptors (Lipinski definition) is 0. The molecule has 1 spiro atoms. The third-order valence-electron chi connectivity index (χ3n) is 10.2. The Bertz CT molecular complexity index is 2190. The molecule has 0 fully saturated rings. The van der Waals surface area contributed by atoms with Gasteiger partial charge in [-0.25, -0.2) is 0 Å². The zero-order valence-corrected chi connectivity index (χ0v) is 27.6. The minimum Gasteiger partial charge on any atom is -0.0738 e. The van der Waals surface area contributed by atoms with Gasteiger partial charge in [0.1, 0.15) is 0 Å². The second kappa shape index (κ2) is 11.8. The number of rotatable bonds is 5. The molecule has 7 aromatic rings. The molecular weight excluding hydrogens is 591 g/mol. The summed E-state index contributed by atoms with van der Waals surface area (Å²) in [7, 11) is -2.54. The fourth-order valence-electron chi connectivity index (χ4n) is 8.00. The van der Waals surface area contributed by atoms with Crippen LogP contribution in [0.5, 0.6) is 0 Å². The molecule has 2 aliphatic rings. The molecule has 7 aromatic carbocycles. The van der Waals surface area contributed by atoms with Crippen LogP contribution >= 0.6 is 0 Å². The van der Waals surface area contributed by atoms with E-state index in [9.17, 15) is 0 Å². The molecule has 0 nitrogen and oxygen atoms in total. The van der Waals surface area contributed by atoms with E-state index in [-0.39, 0.29) is 6.71 Å². The van der Waals surface area contributed by atoms with Crippen molar-refractivity contribution in [3.63, 3.8) is 0 Å². The Labute approximate surface area is 284 Å². The maximum absolute atomic E-state index is 2.69. The SMILES string of the molecule is C1=C(c2cccc(-c3ccccc3)c2)C(c2cccc(-c3ccccc3)c2)=C[Si]12c1ccccc1B(c1ccccc1)c1ccccc12. The molecule has 0 bridgehead atoms. The maximum atomic E-state index is 2.69. The topological polar surface area (TPSA) is 0 Å². The van der Waals surface area contributed by atoms with E-state index in [0.29, 0.717) is 0 Å². The molecule has 0 saturated carbocycles. The van der Waals surface area contributed by atoms with Crippen molar-refractivity contribution in [2.45, 2.75) is 0 Å². The Morgan fingerprint density at radius 3 is 1.17 bits per heavy atom. The second-order valence-corrected chi connectivity index (χ2v) is 16.3. The Balaban J connectivity index is 1.31. The molecule has 0 aliphatic carbocycles. The molecular formula is C46H33BSi. The van der Waals surface area contributed by atoms with Gasteiger partial charge in [0.15, 0.2) is 8.07 Å². The molecule has 0 atom stereocenters. The monoisotopic (exact) mass is 624 g/mol. The number of allylic oxidation sites excluding steroid dienone is 2. The molecule has 0 aromatic heterocycles. The molecule has 48 heavy (non-hydrogen) atoms. The van der Waals surface area contributed by atoms with E-state index in [2.05, 4.69) is 199 Å². The molecule has 0 N–H and O–H groups in total. The van der Waals surface area contributed by atoms with Gasteiger partial charge in [0, 0.05) is 0 Å². The summed E-state index contributed by atoms with van der Waals surface area (Å²) in [6.07, 6.45) is 0. The molecule has 2 aliphatic heterocycles. The third kappa shape index (κ3) is 4.76. The highest BCUT2D eigenvalue weighted by Gasteiger charge is 2.47. The predicted octanol–water partition coefficient (Wildman–Crippen LogP) is 7.67. The molecule has 0 unspecified atom stereocenters. The van der Waals surface area contributed by atoms with Crippen LogP contribution in [0.15, 0.2) is 199 Å². The zero-order chi connectivity index (χ0) is 31.9. The lowest BCUT2D eigenvalue weighted by Gasteiger charge is -2.37. The van der Waals surface area contributed by atoms with E-state index in [4.69, 9.17) is 0 Å². The van der Waals surface area contributed by atoms with Crippen LogP contribution in [-0.4, -0.2) is 14.8 Å². The fraction of sp³-hybridized carbons (Fsp3) is 0. The van der Waals surface area contributed by atoms with Gasteiger partial charge in [0.2, 0.25) is 6.71 Å². The van der Waals surface area contributed by atoms with E-state index < -0.39 is 8.07 Å². The van der Waals surface area contributed by atoms with Crippen LogP contribution in [0.1, 0.15) is 11.1 Å². The molecule has 2 heterocycles. The number of fused-ring (bicyclic) bond motifs is 4. The van der Waals surface area contributed by atoms with Gasteiger partial charge >= 0.3 is 0 Å². The van der Waals surface area contributed by atoms with Crippen molar-refractivity contribution in [1.82, 2.24) is 0 Å². The van der Waals surface area contributed by atoms with Gasteiger partial charge in [-0.1, -0.05) is 214 Å². The third-order valence-corrected chi connectivity index (χ3v) is 14.3. The number of hydrogen-bond donors (Lipinski definition) is 0. The Morgan fingerprint density at radius 2 is 0.688 bits per heavy atom. The lowest BCUT2D eigenvalue weighted by atomic mass is 9.36. The number of benzene rings is 7. The quantitative estimate of drug-likeness (QED) is 0.173. The van der Waals surface area contributed by atoms with Gasteiger partial charge in [-0.05, 0) is 56.7 Å². The Hall–Kier alpha value is -5.70. The molecule has 0 radical (unpaired) electrons. The van der Waals surface area contributed by atoms with Crippen molar-refractivity contribution in [3.05, 3.63) is 211 Å². The van der Waals surface area contributed by atoms with Gasteiger partial charge in [-0.15, -0.1) is 0 Å². The minimum atomic E-state index is -2.54. The van der Waals surface area contributed by atoms with E-state index in [1.165, 1.54) is 71.3 Å². The molecule has 224 valence electrons. The zero-order valence-electron chi connectivity index (χ0n) is 26.6. The van der Waals surface area contributed by atoms with Crippen molar-refractivity contribution in [2.24, 2.45) is 0 Å². The van der Waals surface area contributed by atoms with Crippen LogP contribution in [-0.2, 0) is 0 Å². The van der Waals surface area contributed by atoms with Crippen LogP contribution in [0.2, 0.25) is 0 Å². The molecule has 0 amide bonds. The summed E-state index contributed by atoms with van der Waals surface area (Å²) >= 11 is 0. The Kier molecular flexibility index (Phi) is 7.03. The summed E-state index contributed by atoms with van der Waals surface area (Å²) in [4.78, 5) is 0. The lowest BCUT2D eigenvalue weighted by Crippen LogP contribution is -2.77. The van der Waals surface area contributed by atoms with E-state index >= 15 is 0 Å². The first-order valence-corrected chi connectivity index (χ1v) is 19.0. The predicted molar refractivity (Wildman–Crippen MR) is 209 cm³/mol. The first-order valence-electron chi connectivity index (χ1n) is 16.8. The van der Waals surface area contributed by atoms with Crippen molar-refractivity contribution >= 4 is 52.7 Å². The smallest absolute Gasteiger partial charge is 0.0738 e. The maximum Gasteiger partial charge on any atom is 0.240 e. The van der Waals surface area contributed by atoms with Crippen molar-refractivity contribution in [1.29, 1.82) is 0 Å². The van der Waals surface area contributed by atoms with Crippen molar-refractivity contribution in [3.8, 4) is 22.3 Å². The van der Waals surface area contributed by atoms with Crippen LogP contribution in [0.4, 0.5) is 0 Å². The van der Waals surface area contributed by atoms with E-state index in [1.54, 1.807) is 0 Å². The highest BCUT2D eigenvalue weighted by molar-refractivity contribution is 7.20. The van der Waals surface area contributed by atoms with Crippen LogP contribution < -0.4 is 26.8 Å². The summed E-state index contributed by atoms with van der Waals surface area (Å²) in [6, 6.07) is 69.3. The van der Waals surface area contributed by atoms with Gasteiger partial charge in [0.25, 0.3) is 0 Å². The molecule has 0 saturated heterocycles. The summed E-state index contributed by atoms with van der Waals surface area (Å²) in [6.45, 7) is 0.203. The van der Waals surface area contributed by atoms with Gasteiger partial charge in [-0.2, -0.15) is 0 Å². The fourth-order valence-corrected chi connectivity index (χ4v) is 12.7. The van der Waals surface area contributed by atoms with Crippen LogP contribution in [0, 0.1) is 0 Å². The second-order valence-electron chi connectivity index (χ2n) is 12.9. The summed E-state index contributed by atoms with van der Waals surface area (Å²) in [5.41, 5.74) is 19.7. The van der Waals surface area contributed by atoms with Crippen molar-refractivity contribution in [2.75, 3.05) is 0 Å². The van der Waals surface area contributed by atoms with Crippen LogP contribution in [0.25, 0.3) is 33.4 Å². The molecule has 2 heteroatoms. The first kappa shape index (κ1) is 28.5. The van der Waals surface area contributed by atoms with E-state index in [1.807, 2.05) is 0 Å². The minimum absolute atomic E-state index is 0.203. The largest absolute Gasteiger partial charge is 0.240 e. The van der Waals surface area contributed by atoms with Crippen molar-refractivity contribution < 1.29 is 0 Å². The molecule has 9 rings (SSSR count). The summed E-state index contributed by atoms with van der Waals surface area (Å²) in [5.74, 6) is 0. The standard InChI is InChI=1S/C46H33BSi/c1-4-16-34(17-5-1)36-20-14-22-38(30-36)41-32-48(33-42(41)39-23-15-21-37(31-39)35-18-6-2-7-19-35)45-28-12-10-26-43(45)47(40-24-8-3-9-25-40)44-27-11-13-29-46(44)48/h1-33H. The van der Waals surface area contributed by atoms with E-state index in [0.717, 1.165) is 0 Å². The normalized spacial score (nSPS) is 14.2. The average molecular weight is 625 g/mol. The average Bonchev–Trinajstić information content (AvgIpc) is 3.58. The summed E-state index contributed by atoms with van der Waals surface area (Å²) in [5, 5.41) is 2.98. The van der Waals surface area contributed by atoms with Gasteiger partial charge in [0.05, 0.1) is 0 Å². The highest BCUT2D eigenvalue weighted by Crippen LogP contribution is 2.41. The van der Waals surface area contributed by atoms with Gasteiger partial charge in [-0.3, -0.25) is 0 Å². The van der Waals surface area contributed by atoms with Gasteiger partial charge < -0.3 is 0 Å².